The molecule has 2 aromatic heterocycles. The van der Waals surface area contributed by atoms with E-state index in [4.69, 9.17) is 22.7 Å². The summed E-state index contributed by atoms with van der Waals surface area (Å²) in [6, 6.07) is 9.32. The molecule has 0 unspecified atom stereocenters. The quantitative estimate of drug-likeness (QED) is 0.439. The summed E-state index contributed by atoms with van der Waals surface area (Å²) in [6.07, 6.45) is 0.216. The third-order valence-electron chi connectivity index (χ3n) is 4.37. The SMILES string of the molecule is Cc1cc(C)n(-c2nnc(SCC(=O)N(CCC#N)c3ccc(Cl)c(C)c3)n2N)n1. The smallest absolute Gasteiger partial charge is 0.271 e. The van der Waals surface area contributed by atoms with Crippen molar-refractivity contribution in [2.45, 2.75) is 32.3 Å². The number of hydrogen-bond acceptors (Lipinski definition) is 7. The Bertz CT molecular complexity index is 1120. The Kier molecular flexibility index (Phi) is 6.64. The number of nitrogens with two attached hydrogens (primary N) is 1. The number of anilines is 1. The summed E-state index contributed by atoms with van der Waals surface area (Å²) in [5.74, 6) is 6.41. The highest BCUT2D eigenvalue weighted by Crippen LogP contribution is 2.25. The van der Waals surface area contributed by atoms with E-state index in [1.165, 1.54) is 16.4 Å². The second kappa shape index (κ2) is 9.19. The minimum Gasteiger partial charge on any atom is -0.334 e. The topological polar surface area (TPSA) is 119 Å². The molecule has 11 heteroatoms. The highest BCUT2D eigenvalue weighted by molar-refractivity contribution is 7.99. The summed E-state index contributed by atoms with van der Waals surface area (Å²) in [4.78, 5) is 14.5. The van der Waals surface area contributed by atoms with Crippen molar-refractivity contribution >= 4 is 35.0 Å². The molecule has 3 rings (SSSR count). The fraction of sp³-hybridized carbons (Fsp3) is 0.316. The predicted molar refractivity (Wildman–Crippen MR) is 116 cm³/mol. The van der Waals surface area contributed by atoms with Crippen LogP contribution in [0.3, 0.4) is 0 Å². The molecule has 1 aromatic carbocycles. The van der Waals surface area contributed by atoms with E-state index in [-0.39, 0.29) is 24.6 Å². The number of aryl methyl sites for hydroxylation is 3. The fourth-order valence-electron chi connectivity index (χ4n) is 2.90. The number of nitrogen functional groups attached to an aromatic ring is 1. The molecule has 0 radical (unpaired) electrons. The van der Waals surface area contributed by atoms with Crippen molar-refractivity contribution in [3.63, 3.8) is 0 Å². The molecule has 0 aliphatic carbocycles. The Morgan fingerprint density at radius 1 is 1.30 bits per heavy atom. The normalized spacial score (nSPS) is 10.8. The molecule has 156 valence electrons. The lowest BCUT2D eigenvalue weighted by molar-refractivity contribution is -0.116. The predicted octanol–water partition coefficient (Wildman–Crippen LogP) is 2.80. The first-order valence-corrected chi connectivity index (χ1v) is 10.5. The van der Waals surface area contributed by atoms with Gasteiger partial charge in [-0.2, -0.15) is 10.4 Å². The van der Waals surface area contributed by atoms with Gasteiger partial charge in [0.05, 0.1) is 23.9 Å². The molecule has 9 nitrogen and oxygen atoms in total. The molecule has 0 aliphatic heterocycles. The van der Waals surface area contributed by atoms with E-state index in [0.29, 0.717) is 21.8 Å². The Morgan fingerprint density at radius 3 is 2.70 bits per heavy atom. The first-order valence-electron chi connectivity index (χ1n) is 9.12. The van der Waals surface area contributed by atoms with E-state index in [2.05, 4.69) is 21.4 Å². The van der Waals surface area contributed by atoms with E-state index in [1.54, 1.807) is 21.7 Å². The number of rotatable bonds is 7. The third kappa shape index (κ3) is 4.58. The Labute approximate surface area is 183 Å². The Morgan fingerprint density at radius 2 is 2.07 bits per heavy atom. The number of nitrogens with zero attached hydrogens (tertiary/aromatic N) is 7. The van der Waals surface area contributed by atoms with E-state index in [1.807, 2.05) is 32.9 Å². The summed E-state index contributed by atoms with van der Waals surface area (Å²) in [5, 5.41) is 22.5. The van der Waals surface area contributed by atoms with Gasteiger partial charge in [-0.1, -0.05) is 23.4 Å². The van der Waals surface area contributed by atoms with Gasteiger partial charge in [-0.3, -0.25) is 4.79 Å². The van der Waals surface area contributed by atoms with Crippen LogP contribution in [0.15, 0.2) is 29.4 Å². The van der Waals surface area contributed by atoms with Crippen LogP contribution in [0.2, 0.25) is 5.02 Å². The van der Waals surface area contributed by atoms with Gasteiger partial charge in [0.15, 0.2) is 0 Å². The molecule has 3 aromatic rings. The van der Waals surface area contributed by atoms with Gasteiger partial charge >= 0.3 is 0 Å². The van der Waals surface area contributed by atoms with Crippen molar-refractivity contribution in [1.82, 2.24) is 24.7 Å². The number of benzene rings is 1. The molecular formula is C19H21ClN8OS. The number of carbonyl (C=O) groups excluding carboxylic acids is 1. The van der Waals surface area contributed by atoms with Crippen molar-refractivity contribution in [2.75, 3.05) is 23.0 Å². The van der Waals surface area contributed by atoms with E-state index in [9.17, 15) is 4.79 Å². The zero-order chi connectivity index (χ0) is 21.8. The number of hydrogen-bond donors (Lipinski definition) is 1. The first-order chi connectivity index (χ1) is 14.3. The Balaban J connectivity index is 1.76. The lowest BCUT2D eigenvalue weighted by Crippen LogP contribution is -2.33. The number of halogens is 1. The number of nitriles is 1. The minimum atomic E-state index is -0.173. The van der Waals surface area contributed by atoms with Gasteiger partial charge in [0.1, 0.15) is 0 Å². The molecule has 0 bridgehead atoms. The van der Waals surface area contributed by atoms with Crippen molar-refractivity contribution in [1.29, 1.82) is 5.26 Å². The van der Waals surface area contributed by atoms with E-state index in [0.717, 1.165) is 17.0 Å². The molecule has 0 saturated carbocycles. The van der Waals surface area contributed by atoms with Crippen LogP contribution >= 0.6 is 23.4 Å². The van der Waals surface area contributed by atoms with Gasteiger partial charge < -0.3 is 10.7 Å². The molecule has 0 fully saturated rings. The van der Waals surface area contributed by atoms with Crippen LogP contribution in [0, 0.1) is 32.1 Å². The fourth-order valence-corrected chi connectivity index (χ4v) is 3.75. The van der Waals surface area contributed by atoms with Crippen LogP contribution in [0.1, 0.15) is 23.4 Å². The Hall–Kier alpha value is -3.03. The number of carbonyl (C=O) groups is 1. The van der Waals surface area contributed by atoms with Crippen LogP contribution in [0.25, 0.3) is 5.95 Å². The van der Waals surface area contributed by atoms with Crippen LogP contribution in [0.5, 0.6) is 0 Å². The molecule has 2 N–H and O–H groups in total. The highest BCUT2D eigenvalue weighted by Gasteiger charge is 2.20. The second-order valence-corrected chi connectivity index (χ2v) is 8.02. The van der Waals surface area contributed by atoms with E-state index >= 15 is 0 Å². The van der Waals surface area contributed by atoms with Crippen molar-refractivity contribution in [3.8, 4) is 12.0 Å². The van der Waals surface area contributed by atoms with Gasteiger partial charge in [-0.15, -0.1) is 10.2 Å². The van der Waals surface area contributed by atoms with Crippen molar-refractivity contribution in [3.05, 3.63) is 46.2 Å². The van der Waals surface area contributed by atoms with Gasteiger partial charge in [0, 0.05) is 22.9 Å². The average molecular weight is 445 g/mol. The molecule has 2 heterocycles. The zero-order valence-corrected chi connectivity index (χ0v) is 18.4. The van der Waals surface area contributed by atoms with E-state index < -0.39 is 0 Å². The standard InChI is InChI=1S/C19H21ClN8OS/c1-12-9-15(5-6-16(12)20)26(8-4-7-21)17(29)11-30-19-24-23-18(27(19)22)28-14(3)10-13(2)25-28/h5-6,9-10H,4,8,11,22H2,1-3H3. The first kappa shape index (κ1) is 21.7. The maximum atomic E-state index is 12.9. The summed E-state index contributed by atoms with van der Waals surface area (Å²) < 4.78 is 2.91. The summed E-state index contributed by atoms with van der Waals surface area (Å²) >= 11 is 7.26. The minimum absolute atomic E-state index is 0.0829. The average Bonchev–Trinajstić information content (AvgIpc) is 3.23. The molecule has 0 spiro atoms. The number of thioether (sulfide) groups is 1. The van der Waals surface area contributed by atoms with Crippen LogP contribution in [-0.4, -0.2) is 42.9 Å². The maximum absolute atomic E-state index is 12.9. The van der Waals surface area contributed by atoms with Gasteiger partial charge in [-0.25, -0.2) is 9.36 Å². The molecule has 0 atom stereocenters. The van der Waals surface area contributed by atoms with Gasteiger partial charge in [-0.05, 0) is 50.6 Å². The lowest BCUT2D eigenvalue weighted by Gasteiger charge is -2.22. The lowest BCUT2D eigenvalue weighted by atomic mass is 10.2. The zero-order valence-electron chi connectivity index (χ0n) is 16.8. The molecular weight excluding hydrogens is 424 g/mol. The summed E-state index contributed by atoms with van der Waals surface area (Å²) in [5.41, 5.74) is 3.26. The molecule has 30 heavy (non-hydrogen) atoms. The van der Waals surface area contributed by atoms with Crippen LogP contribution in [-0.2, 0) is 4.79 Å². The number of aromatic nitrogens is 5. The third-order valence-corrected chi connectivity index (χ3v) is 5.72. The van der Waals surface area contributed by atoms with Crippen LogP contribution in [0.4, 0.5) is 5.69 Å². The van der Waals surface area contributed by atoms with Crippen molar-refractivity contribution in [2.24, 2.45) is 0 Å². The monoisotopic (exact) mass is 444 g/mol. The highest BCUT2D eigenvalue weighted by atomic mass is 35.5. The summed E-state index contributed by atoms with van der Waals surface area (Å²) in [6.45, 7) is 5.92. The van der Waals surface area contributed by atoms with Crippen LogP contribution < -0.4 is 10.7 Å². The number of amides is 1. The second-order valence-electron chi connectivity index (χ2n) is 6.67. The molecule has 0 aliphatic rings. The van der Waals surface area contributed by atoms with Gasteiger partial charge in [0.2, 0.25) is 11.1 Å². The largest absolute Gasteiger partial charge is 0.334 e. The summed E-state index contributed by atoms with van der Waals surface area (Å²) in [7, 11) is 0. The van der Waals surface area contributed by atoms with Crippen molar-refractivity contribution < 1.29 is 4.79 Å². The molecule has 1 amide bonds. The molecule has 0 saturated heterocycles. The maximum Gasteiger partial charge on any atom is 0.271 e. The van der Waals surface area contributed by atoms with Gasteiger partial charge in [0.25, 0.3) is 5.95 Å².